The summed E-state index contributed by atoms with van der Waals surface area (Å²) in [4.78, 5) is 22.7. The monoisotopic (exact) mass is 328 g/mol. The molecule has 2 saturated carbocycles. The minimum Gasteiger partial charge on any atom is -0.370 e. The van der Waals surface area contributed by atoms with Crippen molar-refractivity contribution in [3.63, 3.8) is 0 Å². The number of allylic oxidation sites excluding steroid dienone is 4. The van der Waals surface area contributed by atoms with Crippen LogP contribution in [0, 0.1) is 22.7 Å². The van der Waals surface area contributed by atoms with Crippen LogP contribution in [0.2, 0.25) is 0 Å². The van der Waals surface area contributed by atoms with E-state index in [2.05, 4.69) is 25.2 Å². The van der Waals surface area contributed by atoms with Gasteiger partial charge in [0.05, 0.1) is 0 Å². The molecule has 2 unspecified atom stereocenters. The van der Waals surface area contributed by atoms with Crippen molar-refractivity contribution in [2.45, 2.75) is 64.5 Å². The van der Waals surface area contributed by atoms with Crippen molar-refractivity contribution in [2.75, 3.05) is 0 Å². The fraction of sp³-hybridized carbons (Fsp3) is 0.700. The molecule has 0 aromatic rings. The highest BCUT2D eigenvalue weighted by Gasteiger charge is 2.62. The van der Waals surface area contributed by atoms with Crippen LogP contribution in [0.1, 0.15) is 58.8 Å². The van der Waals surface area contributed by atoms with Gasteiger partial charge in [-0.15, -0.1) is 0 Å². The molecule has 0 spiro atoms. The summed E-state index contributed by atoms with van der Waals surface area (Å²) in [6, 6.07) is 0. The maximum absolute atomic E-state index is 11.8. The van der Waals surface area contributed by atoms with E-state index in [0.29, 0.717) is 24.7 Å². The first-order chi connectivity index (χ1) is 11.3. The molecule has 0 heterocycles. The van der Waals surface area contributed by atoms with Gasteiger partial charge in [-0.2, -0.15) is 0 Å². The van der Waals surface area contributed by atoms with Gasteiger partial charge in [-0.25, -0.2) is 0 Å². The maximum atomic E-state index is 11.8. The summed E-state index contributed by atoms with van der Waals surface area (Å²) < 4.78 is 0. The Hall–Kier alpha value is -1.42. The van der Waals surface area contributed by atoms with Crippen LogP contribution in [-0.2, 0) is 9.59 Å². The Kier molecular flexibility index (Phi) is 3.38. The third kappa shape index (κ3) is 1.89. The predicted octanol–water partition coefficient (Wildman–Crippen LogP) is 2.78. The maximum Gasteiger partial charge on any atom is 0.311 e. The summed E-state index contributed by atoms with van der Waals surface area (Å²) >= 11 is 0. The van der Waals surface area contributed by atoms with Gasteiger partial charge in [0.15, 0.2) is 5.78 Å². The van der Waals surface area contributed by atoms with Crippen molar-refractivity contribution < 1.29 is 14.7 Å². The number of aliphatic hydroxyl groups is 1. The summed E-state index contributed by atoms with van der Waals surface area (Å²) in [6.45, 7) is 4.41. The Morgan fingerprint density at radius 1 is 1.25 bits per heavy atom. The molecule has 5 atom stereocenters. The molecule has 4 aliphatic carbocycles. The fourth-order valence-corrected chi connectivity index (χ4v) is 6.16. The average Bonchev–Trinajstić information content (AvgIpc) is 2.80. The van der Waals surface area contributed by atoms with E-state index in [0.717, 1.165) is 32.1 Å². The highest BCUT2D eigenvalue weighted by molar-refractivity contribution is 5.92. The van der Waals surface area contributed by atoms with Crippen LogP contribution in [-0.4, -0.2) is 23.0 Å². The SMILES string of the molecule is C[C@]12CCC(=O)C=C1CCC1C2=CC[C@@]2(C)C1CC[C@]2(O)N[C]=O. The largest absolute Gasteiger partial charge is 0.370 e. The second-order valence-corrected chi connectivity index (χ2v) is 8.63. The molecule has 129 valence electrons. The molecule has 0 aromatic heterocycles. The number of nitrogens with one attached hydrogen (secondary N) is 1. The lowest BCUT2D eigenvalue weighted by molar-refractivity contribution is -0.115. The number of carbonyl (C=O) groups is 1. The second-order valence-electron chi connectivity index (χ2n) is 8.63. The first-order valence-electron chi connectivity index (χ1n) is 9.15. The Morgan fingerprint density at radius 3 is 2.79 bits per heavy atom. The average molecular weight is 328 g/mol. The van der Waals surface area contributed by atoms with E-state index >= 15 is 0 Å². The second kappa shape index (κ2) is 5.04. The number of amides is 1. The topological polar surface area (TPSA) is 66.4 Å². The van der Waals surface area contributed by atoms with Gasteiger partial charge in [0.1, 0.15) is 5.72 Å². The van der Waals surface area contributed by atoms with Crippen LogP contribution in [0.4, 0.5) is 0 Å². The van der Waals surface area contributed by atoms with Crippen molar-refractivity contribution >= 4 is 12.2 Å². The molecule has 0 aromatic carbocycles. The Labute approximate surface area is 143 Å². The summed E-state index contributed by atoms with van der Waals surface area (Å²) in [5, 5.41) is 13.6. The van der Waals surface area contributed by atoms with Gasteiger partial charge >= 0.3 is 6.41 Å². The van der Waals surface area contributed by atoms with Crippen molar-refractivity contribution in [3.8, 4) is 0 Å². The van der Waals surface area contributed by atoms with Crippen molar-refractivity contribution in [2.24, 2.45) is 22.7 Å². The molecular weight excluding hydrogens is 302 g/mol. The Balaban J connectivity index is 1.74. The zero-order chi connectivity index (χ0) is 17.2. The van der Waals surface area contributed by atoms with E-state index in [1.54, 1.807) is 6.41 Å². The highest BCUT2D eigenvalue weighted by atomic mass is 16.3. The summed E-state index contributed by atoms with van der Waals surface area (Å²) in [5.41, 5.74) is 1.32. The van der Waals surface area contributed by atoms with Crippen molar-refractivity contribution in [1.82, 2.24) is 5.32 Å². The van der Waals surface area contributed by atoms with Crippen molar-refractivity contribution in [3.05, 3.63) is 23.3 Å². The first-order valence-corrected chi connectivity index (χ1v) is 9.15. The van der Waals surface area contributed by atoms with Crippen LogP contribution >= 0.6 is 0 Å². The predicted molar refractivity (Wildman–Crippen MR) is 90.5 cm³/mol. The normalized spacial score (nSPS) is 47.0. The van der Waals surface area contributed by atoms with E-state index in [1.165, 1.54) is 11.1 Å². The fourth-order valence-electron chi connectivity index (χ4n) is 6.16. The van der Waals surface area contributed by atoms with Gasteiger partial charge in [-0.1, -0.05) is 31.1 Å². The van der Waals surface area contributed by atoms with Crippen molar-refractivity contribution in [1.29, 1.82) is 0 Å². The molecular formula is C20H26NO3. The van der Waals surface area contributed by atoms with Gasteiger partial charge in [0, 0.05) is 17.3 Å². The van der Waals surface area contributed by atoms with Crippen LogP contribution in [0.5, 0.6) is 0 Å². The van der Waals surface area contributed by atoms with E-state index in [1.807, 2.05) is 6.08 Å². The molecule has 4 nitrogen and oxygen atoms in total. The Morgan fingerprint density at radius 2 is 2.04 bits per heavy atom. The quantitative estimate of drug-likeness (QED) is 0.465. The highest BCUT2D eigenvalue weighted by Crippen LogP contribution is 2.64. The molecule has 1 radical (unpaired) electrons. The molecule has 2 fully saturated rings. The molecule has 4 rings (SSSR count). The third-order valence-corrected chi connectivity index (χ3v) is 7.75. The molecule has 0 saturated heterocycles. The summed E-state index contributed by atoms with van der Waals surface area (Å²) in [5.74, 6) is 1.09. The molecule has 4 heteroatoms. The van der Waals surface area contributed by atoms with Crippen LogP contribution in [0.25, 0.3) is 0 Å². The molecule has 1 amide bonds. The zero-order valence-corrected chi connectivity index (χ0v) is 14.5. The number of hydrogen-bond donors (Lipinski definition) is 2. The van der Waals surface area contributed by atoms with Crippen LogP contribution in [0.3, 0.4) is 0 Å². The molecule has 4 aliphatic rings. The Bertz CT molecular complexity index is 666. The van der Waals surface area contributed by atoms with E-state index in [4.69, 9.17) is 0 Å². The molecule has 2 N–H and O–H groups in total. The lowest BCUT2D eigenvalue weighted by Gasteiger charge is -2.54. The molecule has 24 heavy (non-hydrogen) atoms. The van der Waals surface area contributed by atoms with Crippen LogP contribution in [0.15, 0.2) is 23.3 Å². The zero-order valence-electron chi connectivity index (χ0n) is 14.5. The molecule has 0 aliphatic heterocycles. The summed E-state index contributed by atoms with van der Waals surface area (Å²) in [7, 11) is 0. The minimum atomic E-state index is -1.15. The van der Waals surface area contributed by atoms with Gasteiger partial charge in [0.2, 0.25) is 0 Å². The molecule has 0 bridgehead atoms. The van der Waals surface area contributed by atoms with E-state index in [-0.39, 0.29) is 16.6 Å². The lowest BCUT2D eigenvalue weighted by Crippen LogP contribution is -2.57. The first kappa shape index (κ1) is 16.1. The minimum absolute atomic E-state index is 0.0169. The number of ketones is 1. The van der Waals surface area contributed by atoms with Gasteiger partial charge in [0.25, 0.3) is 0 Å². The lowest BCUT2D eigenvalue weighted by atomic mass is 9.51. The van der Waals surface area contributed by atoms with Gasteiger partial charge < -0.3 is 10.4 Å². The number of carbonyl (C=O) groups excluding carboxylic acids is 2. The van der Waals surface area contributed by atoms with E-state index < -0.39 is 5.72 Å². The smallest absolute Gasteiger partial charge is 0.311 e. The summed E-state index contributed by atoms with van der Waals surface area (Å²) in [6.07, 6.45) is 11.8. The number of fused-ring (bicyclic) bond motifs is 5. The van der Waals surface area contributed by atoms with Crippen LogP contribution < -0.4 is 5.32 Å². The van der Waals surface area contributed by atoms with Gasteiger partial charge in [-0.3, -0.25) is 9.59 Å². The third-order valence-electron chi connectivity index (χ3n) is 7.75. The van der Waals surface area contributed by atoms with Gasteiger partial charge in [-0.05, 0) is 56.4 Å². The standard InChI is InChI=1S/C20H26NO3/c1-18-8-5-14(23)11-13(18)3-4-15-16(18)6-9-19(2)17(15)7-10-20(19,24)21-12-22/h6,11,15,17,24H,3-5,7-10H2,1-2H3,(H,21,22)/t15?,17?,18-,19-,20+/m0/s1. The van der Waals surface area contributed by atoms with E-state index in [9.17, 15) is 14.7 Å². The number of rotatable bonds is 2. The number of hydrogen-bond acceptors (Lipinski definition) is 3.